The number of benzene rings is 2. The molecule has 0 aromatic heterocycles. The van der Waals surface area contributed by atoms with E-state index in [2.05, 4.69) is 0 Å². The van der Waals surface area contributed by atoms with Crippen molar-refractivity contribution in [1.82, 2.24) is 0 Å². The second-order valence-electron chi connectivity index (χ2n) is 6.37. The Balaban J connectivity index is 2.12. The van der Waals surface area contributed by atoms with Gasteiger partial charge >= 0.3 is 5.97 Å². The van der Waals surface area contributed by atoms with E-state index in [1.54, 1.807) is 49.4 Å². The van der Waals surface area contributed by atoms with Gasteiger partial charge in [-0.3, -0.25) is 4.79 Å². The number of sulfone groups is 1. The topological polar surface area (TPSA) is 84.2 Å². The van der Waals surface area contributed by atoms with Gasteiger partial charge in [-0.25, -0.2) is 8.42 Å². The zero-order valence-electron chi connectivity index (χ0n) is 14.5. The Labute approximate surface area is 153 Å². The molecule has 5 nitrogen and oxygen atoms in total. The van der Waals surface area contributed by atoms with Gasteiger partial charge in [-0.1, -0.05) is 48.0 Å². The van der Waals surface area contributed by atoms with E-state index in [1.807, 2.05) is 13.0 Å². The van der Waals surface area contributed by atoms with Gasteiger partial charge in [0.05, 0.1) is 17.6 Å². The number of nitrogens with zero attached hydrogens (tertiary/aromatic N) is 1. The van der Waals surface area contributed by atoms with Crippen LogP contribution in [0.15, 0.2) is 59.5 Å². The molecule has 0 saturated heterocycles. The summed E-state index contributed by atoms with van der Waals surface area (Å²) >= 11 is 0. The molecule has 134 valence electrons. The quantitative estimate of drug-likeness (QED) is 0.757. The van der Waals surface area contributed by atoms with Crippen molar-refractivity contribution in [2.45, 2.75) is 29.9 Å². The van der Waals surface area contributed by atoms with E-state index in [0.29, 0.717) is 5.56 Å². The minimum absolute atomic E-state index is 0.0844. The van der Waals surface area contributed by atoms with Gasteiger partial charge in [-0.2, -0.15) is 5.26 Å². The zero-order valence-corrected chi connectivity index (χ0v) is 15.4. The number of rotatable bonds is 5. The molecule has 1 aliphatic carbocycles. The maximum absolute atomic E-state index is 13.2. The van der Waals surface area contributed by atoms with Gasteiger partial charge < -0.3 is 4.74 Å². The lowest BCUT2D eigenvalue weighted by atomic mass is 10.0. The Morgan fingerprint density at radius 2 is 1.77 bits per heavy atom. The fraction of sp³-hybridized carbons (Fsp3) is 0.300. The van der Waals surface area contributed by atoms with E-state index < -0.39 is 32.4 Å². The van der Waals surface area contributed by atoms with Crippen molar-refractivity contribution in [3.63, 3.8) is 0 Å². The summed E-state index contributed by atoms with van der Waals surface area (Å²) in [7, 11) is -3.89. The van der Waals surface area contributed by atoms with Crippen molar-refractivity contribution in [2.75, 3.05) is 6.61 Å². The molecule has 2 aromatic carbocycles. The zero-order chi connectivity index (χ0) is 18.9. The fourth-order valence-corrected chi connectivity index (χ4v) is 5.67. The molecule has 6 heteroatoms. The number of hydrogen-bond acceptors (Lipinski definition) is 5. The van der Waals surface area contributed by atoms with Gasteiger partial charge in [0.1, 0.15) is 5.25 Å². The smallest absolute Gasteiger partial charge is 0.328 e. The van der Waals surface area contributed by atoms with Crippen LogP contribution >= 0.6 is 0 Å². The Hall–Kier alpha value is -2.65. The Bertz CT molecular complexity index is 961. The van der Waals surface area contributed by atoms with Crippen LogP contribution < -0.4 is 0 Å². The van der Waals surface area contributed by atoms with Gasteiger partial charge in [0.15, 0.2) is 15.3 Å². The highest BCUT2D eigenvalue weighted by Crippen LogP contribution is 2.64. The maximum Gasteiger partial charge on any atom is 0.328 e. The summed E-state index contributed by atoms with van der Waals surface area (Å²) in [4.78, 5) is 12.7. The molecule has 0 bridgehead atoms. The predicted molar refractivity (Wildman–Crippen MR) is 96.0 cm³/mol. The molecule has 0 heterocycles. The molecule has 26 heavy (non-hydrogen) atoms. The first-order chi connectivity index (χ1) is 12.4. The van der Waals surface area contributed by atoms with Crippen LogP contribution in [0.2, 0.25) is 0 Å². The second kappa shape index (κ2) is 6.58. The van der Waals surface area contributed by atoms with Crippen LogP contribution in [0.25, 0.3) is 0 Å². The molecule has 0 aliphatic heterocycles. The molecule has 0 radical (unpaired) electrons. The van der Waals surface area contributed by atoms with E-state index in [-0.39, 0.29) is 11.5 Å². The standard InChI is InChI=1S/C20H19NO4S/c1-3-25-19(22)20(13-21)17(15-7-5-4-6-8-15)18(20)26(23,24)16-11-9-14(2)10-12-16/h4-12,17-18H,3H2,1-2H3/t17-,18-,20+/m0/s1. The first-order valence-electron chi connectivity index (χ1n) is 8.33. The molecule has 0 N–H and O–H groups in total. The summed E-state index contributed by atoms with van der Waals surface area (Å²) in [5.74, 6) is -1.53. The fourth-order valence-electron chi connectivity index (χ4n) is 3.43. The Morgan fingerprint density at radius 1 is 1.15 bits per heavy atom. The van der Waals surface area contributed by atoms with Crippen molar-refractivity contribution in [3.8, 4) is 6.07 Å². The summed E-state index contributed by atoms with van der Waals surface area (Å²) in [6.07, 6.45) is 0. The van der Waals surface area contributed by atoms with E-state index in [9.17, 15) is 18.5 Å². The number of nitriles is 1. The highest BCUT2D eigenvalue weighted by molar-refractivity contribution is 7.92. The summed E-state index contributed by atoms with van der Waals surface area (Å²) in [6.45, 7) is 3.58. The highest BCUT2D eigenvalue weighted by Gasteiger charge is 2.77. The number of ether oxygens (including phenoxy) is 1. The lowest BCUT2D eigenvalue weighted by Crippen LogP contribution is -2.25. The summed E-state index contributed by atoms with van der Waals surface area (Å²) in [5, 5.41) is 8.63. The lowest BCUT2D eigenvalue weighted by molar-refractivity contribution is -0.147. The molecule has 0 unspecified atom stereocenters. The minimum atomic E-state index is -3.89. The van der Waals surface area contributed by atoms with Crippen molar-refractivity contribution in [1.29, 1.82) is 5.26 Å². The number of carbonyl (C=O) groups is 1. The van der Waals surface area contributed by atoms with E-state index in [1.165, 1.54) is 12.1 Å². The Kier molecular flexibility index (Phi) is 4.59. The van der Waals surface area contributed by atoms with Crippen molar-refractivity contribution in [2.24, 2.45) is 5.41 Å². The van der Waals surface area contributed by atoms with Crippen LogP contribution in [0.3, 0.4) is 0 Å². The molecule has 3 rings (SSSR count). The Morgan fingerprint density at radius 3 is 2.31 bits per heavy atom. The maximum atomic E-state index is 13.2. The van der Waals surface area contributed by atoms with Crippen LogP contribution in [0, 0.1) is 23.7 Å². The summed E-state index contributed by atoms with van der Waals surface area (Å²) in [5.41, 5.74) is -0.153. The molecule has 1 saturated carbocycles. The molecular weight excluding hydrogens is 350 g/mol. The number of carbonyl (C=O) groups excluding carboxylic acids is 1. The normalized spacial score (nSPS) is 24.5. The summed E-state index contributed by atoms with van der Waals surface area (Å²) in [6, 6.07) is 17.2. The monoisotopic (exact) mass is 369 g/mol. The van der Waals surface area contributed by atoms with Crippen LogP contribution in [0.5, 0.6) is 0 Å². The van der Waals surface area contributed by atoms with Gasteiger partial charge in [-0.05, 0) is 31.5 Å². The molecule has 0 spiro atoms. The molecular formula is C20H19NO4S. The number of aryl methyl sites for hydroxylation is 1. The van der Waals surface area contributed by atoms with Crippen LogP contribution in [0.1, 0.15) is 24.0 Å². The third kappa shape index (κ3) is 2.69. The van der Waals surface area contributed by atoms with Gasteiger partial charge in [0.25, 0.3) is 0 Å². The predicted octanol–water partition coefficient (Wildman–Crippen LogP) is 3.01. The van der Waals surface area contributed by atoms with E-state index in [0.717, 1.165) is 5.56 Å². The van der Waals surface area contributed by atoms with Crippen molar-refractivity contribution >= 4 is 15.8 Å². The van der Waals surface area contributed by atoms with Gasteiger partial charge in [-0.15, -0.1) is 0 Å². The van der Waals surface area contributed by atoms with Crippen molar-refractivity contribution in [3.05, 3.63) is 65.7 Å². The average molecular weight is 369 g/mol. The highest BCUT2D eigenvalue weighted by atomic mass is 32.2. The van der Waals surface area contributed by atoms with Gasteiger partial charge in [0, 0.05) is 5.92 Å². The lowest BCUT2D eigenvalue weighted by Gasteiger charge is -2.09. The van der Waals surface area contributed by atoms with Crippen LogP contribution in [-0.4, -0.2) is 26.2 Å². The summed E-state index contributed by atoms with van der Waals surface area (Å²) < 4.78 is 31.5. The van der Waals surface area contributed by atoms with E-state index >= 15 is 0 Å². The largest absolute Gasteiger partial charge is 0.465 e. The molecule has 1 fully saturated rings. The van der Waals surface area contributed by atoms with Gasteiger partial charge in [0.2, 0.25) is 0 Å². The third-order valence-electron chi connectivity index (χ3n) is 4.77. The first-order valence-corrected chi connectivity index (χ1v) is 9.88. The van der Waals surface area contributed by atoms with Crippen LogP contribution in [0.4, 0.5) is 0 Å². The first kappa shape index (κ1) is 18.2. The molecule has 2 aromatic rings. The average Bonchev–Trinajstić information content (AvgIpc) is 3.35. The third-order valence-corrected chi connectivity index (χ3v) is 7.02. The van der Waals surface area contributed by atoms with E-state index in [4.69, 9.17) is 4.74 Å². The SMILES string of the molecule is CCOC(=O)[C@]1(C#N)[C@@H](c2ccccc2)[C@@H]1S(=O)(=O)c1ccc(C)cc1. The number of esters is 1. The number of hydrogen-bond donors (Lipinski definition) is 0. The minimum Gasteiger partial charge on any atom is -0.465 e. The second-order valence-corrected chi connectivity index (χ2v) is 8.44. The molecule has 0 amide bonds. The molecule has 1 aliphatic rings. The van der Waals surface area contributed by atoms with Crippen LogP contribution in [-0.2, 0) is 19.4 Å². The molecule has 3 atom stereocenters. The van der Waals surface area contributed by atoms with Crippen molar-refractivity contribution < 1.29 is 17.9 Å².